The lowest BCUT2D eigenvalue weighted by Gasteiger charge is -2.15. The Balaban J connectivity index is 1.87. The van der Waals surface area contributed by atoms with Gasteiger partial charge < -0.3 is 14.4 Å². The number of hydrogen-bond acceptors (Lipinski definition) is 5. The second kappa shape index (κ2) is 6.36. The van der Waals surface area contributed by atoms with E-state index in [1.807, 2.05) is 13.0 Å². The van der Waals surface area contributed by atoms with E-state index in [2.05, 4.69) is 4.98 Å². The van der Waals surface area contributed by atoms with Crippen LogP contribution in [0.15, 0.2) is 18.3 Å². The predicted molar refractivity (Wildman–Crippen MR) is 71.2 cm³/mol. The van der Waals surface area contributed by atoms with E-state index in [1.54, 1.807) is 19.2 Å². The van der Waals surface area contributed by atoms with Crippen LogP contribution in [0, 0.1) is 6.92 Å². The van der Waals surface area contributed by atoms with Crippen molar-refractivity contribution in [3.05, 3.63) is 23.9 Å². The highest BCUT2D eigenvalue weighted by Gasteiger charge is 2.32. The van der Waals surface area contributed by atoms with E-state index in [9.17, 15) is 9.59 Å². The molecule has 6 heteroatoms. The van der Waals surface area contributed by atoms with Gasteiger partial charge in [-0.25, -0.2) is 9.78 Å². The van der Waals surface area contributed by atoms with E-state index in [-0.39, 0.29) is 12.7 Å². The normalized spacial score (nSPS) is 17.9. The topological polar surface area (TPSA) is 68.7 Å². The summed E-state index contributed by atoms with van der Waals surface area (Å²) in [5, 5.41) is 0. The zero-order chi connectivity index (χ0) is 14.5. The van der Waals surface area contributed by atoms with E-state index in [0.717, 1.165) is 5.56 Å². The maximum atomic E-state index is 11.8. The Morgan fingerprint density at radius 2 is 2.25 bits per heavy atom. The third kappa shape index (κ3) is 3.46. The number of aryl methyl sites for hydroxylation is 1. The highest BCUT2D eigenvalue weighted by Crippen LogP contribution is 2.17. The van der Waals surface area contributed by atoms with Gasteiger partial charge in [-0.1, -0.05) is 6.07 Å². The first-order chi connectivity index (χ1) is 9.60. The standard InChI is InChI=1S/C14H18N2O4/c1-3-19-14(18)13(17)16-7-6-11(9-16)20-12-5-4-10(2)8-15-12/h4-5,8,11H,3,6-7,9H2,1-2H3. The third-order valence-electron chi connectivity index (χ3n) is 3.05. The molecule has 6 nitrogen and oxygen atoms in total. The molecule has 1 fully saturated rings. The van der Waals surface area contributed by atoms with Gasteiger partial charge in [-0.3, -0.25) is 4.79 Å². The molecule has 0 saturated carbocycles. The second-order valence-electron chi connectivity index (χ2n) is 4.67. The fourth-order valence-corrected chi connectivity index (χ4v) is 2.03. The molecule has 0 N–H and O–H groups in total. The van der Waals surface area contributed by atoms with Crippen molar-refractivity contribution < 1.29 is 19.1 Å². The van der Waals surface area contributed by atoms with Gasteiger partial charge in [0, 0.05) is 25.2 Å². The summed E-state index contributed by atoms with van der Waals surface area (Å²) in [6.07, 6.45) is 2.27. The van der Waals surface area contributed by atoms with Crippen molar-refractivity contribution >= 4 is 11.9 Å². The first-order valence-corrected chi connectivity index (χ1v) is 6.65. The van der Waals surface area contributed by atoms with E-state index in [1.165, 1.54) is 4.90 Å². The van der Waals surface area contributed by atoms with E-state index in [4.69, 9.17) is 9.47 Å². The summed E-state index contributed by atoms with van der Waals surface area (Å²) in [6.45, 7) is 4.70. The molecule has 20 heavy (non-hydrogen) atoms. The molecule has 1 amide bonds. The van der Waals surface area contributed by atoms with Crippen LogP contribution in [0.3, 0.4) is 0 Å². The number of rotatable bonds is 3. The fourth-order valence-electron chi connectivity index (χ4n) is 2.03. The monoisotopic (exact) mass is 278 g/mol. The molecule has 0 bridgehead atoms. The number of amides is 1. The Morgan fingerprint density at radius 3 is 2.90 bits per heavy atom. The number of aromatic nitrogens is 1. The number of carbonyl (C=O) groups excluding carboxylic acids is 2. The van der Waals surface area contributed by atoms with Crippen LogP contribution >= 0.6 is 0 Å². The molecular formula is C14H18N2O4. The molecule has 0 radical (unpaired) electrons. The number of pyridine rings is 1. The molecule has 1 aromatic heterocycles. The average Bonchev–Trinajstić information content (AvgIpc) is 2.89. The van der Waals surface area contributed by atoms with Crippen molar-refractivity contribution in [3.63, 3.8) is 0 Å². The fraction of sp³-hybridized carbons (Fsp3) is 0.500. The van der Waals surface area contributed by atoms with Crippen molar-refractivity contribution in [1.82, 2.24) is 9.88 Å². The molecule has 0 spiro atoms. The maximum Gasteiger partial charge on any atom is 0.397 e. The van der Waals surface area contributed by atoms with Crippen LogP contribution in [-0.4, -0.2) is 47.6 Å². The SMILES string of the molecule is CCOC(=O)C(=O)N1CCC(Oc2ccc(C)cn2)C1. The summed E-state index contributed by atoms with van der Waals surface area (Å²) in [6, 6.07) is 3.71. The molecular weight excluding hydrogens is 260 g/mol. The predicted octanol–water partition coefficient (Wildman–Crippen LogP) is 0.933. The number of ether oxygens (including phenoxy) is 2. The van der Waals surface area contributed by atoms with Crippen molar-refractivity contribution in [2.24, 2.45) is 0 Å². The number of esters is 1. The molecule has 1 aliphatic heterocycles. The van der Waals surface area contributed by atoms with Gasteiger partial charge in [-0.15, -0.1) is 0 Å². The molecule has 0 aliphatic carbocycles. The van der Waals surface area contributed by atoms with Crippen LogP contribution < -0.4 is 4.74 Å². The average molecular weight is 278 g/mol. The minimum atomic E-state index is -0.804. The zero-order valence-electron chi connectivity index (χ0n) is 11.7. The number of carbonyl (C=O) groups is 2. The summed E-state index contributed by atoms with van der Waals surface area (Å²) in [7, 11) is 0. The first-order valence-electron chi connectivity index (χ1n) is 6.65. The Kier molecular flexibility index (Phi) is 4.55. The van der Waals surface area contributed by atoms with Gasteiger partial charge in [0.2, 0.25) is 5.88 Å². The Bertz CT molecular complexity index is 486. The Labute approximate surface area is 117 Å². The highest BCUT2D eigenvalue weighted by atomic mass is 16.5. The van der Waals surface area contributed by atoms with Crippen molar-refractivity contribution in [2.45, 2.75) is 26.4 Å². The summed E-state index contributed by atoms with van der Waals surface area (Å²) < 4.78 is 10.4. The molecule has 0 aromatic carbocycles. The summed E-state index contributed by atoms with van der Waals surface area (Å²) in [5.41, 5.74) is 1.06. The van der Waals surface area contributed by atoms with Crippen LogP contribution in [0.25, 0.3) is 0 Å². The molecule has 2 rings (SSSR count). The molecule has 2 heterocycles. The number of likely N-dealkylation sites (tertiary alicyclic amines) is 1. The van der Waals surface area contributed by atoms with Crippen LogP contribution in [-0.2, 0) is 14.3 Å². The zero-order valence-corrected chi connectivity index (χ0v) is 11.7. The van der Waals surface area contributed by atoms with Crippen molar-refractivity contribution in [3.8, 4) is 5.88 Å². The first kappa shape index (κ1) is 14.3. The quantitative estimate of drug-likeness (QED) is 0.608. The van der Waals surface area contributed by atoms with E-state index < -0.39 is 11.9 Å². The molecule has 1 saturated heterocycles. The maximum absolute atomic E-state index is 11.8. The minimum absolute atomic E-state index is 0.136. The van der Waals surface area contributed by atoms with Crippen LogP contribution in [0.5, 0.6) is 5.88 Å². The van der Waals surface area contributed by atoms with Crippen LogP contribution in [0.1, 0.15) is 18.9 Å². The lowest BCUT2D eigenvalue weighted by molar-refractivity contribution is -0.159. The van der Waals surface area contributed by atoms with Gasteiger partial charge in [0.1, 0.15) is 6.10 Å². The largest absolute Gasteiger partial charge is 0.472 e. The minimum Gasteiger partial charge on any atom is -0.472 e. The molecule has 108 valence electrons. The van der Waals surface area contributed by atoms with Crippen LogP contribution in [0.2, 0.25) is 0 Å². The lowest BCUT2D eigenvalue weighted by Crippen LogP contribution is -2.37. The number of hydrogen-bond donors (Lipinski definition) is 0. The van der Waals surface area contributed by atoms with Crippen molar-refractivity contribution in [1.29, 1.82) is 0 Å². The molecule has 1 aromatic rings. The third-order valence-corrected chi connectivity index (χ3v) is 3.05. The lowest BCUT2D eigenvalue weighted by atomic mass is 10.3. The van der Waals surface area contributed by atoms with E-state index >= 15 is 0 Å². The summed E-state index contributed by atoms with van der Waals surface area (Å²) >= 11 is 0. The van der Waals surface area contributed by atoms with Gasteiger partial charge in [-0.05, 0) is 19.4 Å². The van der Waals surface area contributed by atoms with E-state index in [0.29, 0.717) is 25.4 Å². The molecule has 1 aliphatic rings. The van der Waals surface area contributed by atoms with Gasteiger partial charge in [0.25, 0.3) is 0 Å². The smallest absolute Gasteiger partial charge is 0.397 e. The number of nitrogens with zero attached hydrogens (tertiary/aromatic N) is 2. The molecule has 1 atom stereocenters. The van der Waals surface area contributed by atoms with Gasteiger partial charge >= 0.3 is 11.9 Å². The molecule has 1 unspecified atom stereocenters. The summed E-state index contributed by atoms with van der Waals surface area (Å²) in [4.78, 5) is 28.7. The second-order valence-corrected chi connectivity index (χ2v) is 4.67. The Hall–Kier alpha value is -2.11. The van der Waals surface area contributed by atoms with Crippen LogP contribution in [0.4, 0.5) is 0 Å². The van der Waals surface area contributed by atoms with Crippen molar-refractivity contribution in [2.75, 3.05) is 19.7 Å². The Morgan fingerprint density at radius 1 is 1.45 bits per heavy atom. The highest BCUT2D eigenvalue weighted by molar-refractivity contribution is 6.32. The summed E-state index contributed by atoms with van der Waals surface area (Å²) in [5.74, 6) is -0.873. The van der Waals surface area contributed by atoms with Gasteiger partial charge in [0.05, 0.1) is 13.2 Å². The van der Waals surface area contributed by atoms with Gasteiger partial charge in [0.15, 0.2) is 0 Å². The van der Waals surface area contributed by atoms with Gasteiger partial charge in [-0.2, -0.15) is 0 Å².